The van der Waals surface area contributed by atoms with Gasteiger partial charge in [0.05, 0.1) is 16.5 Å². The van der Waals surface area contributed by atoms with Gasteiger partial charge in [-0.25, -0.2) is 13.3 Å². The number of anilines is 1. The number of halogens is 3. The molecule has 14 heteroatoms. The molecular formula is C20H17ClF2N5O5P. The fraction of sp³-hybridized carbons (Fsp3) is 0.150. The minimum absolute atomic E-state index is 0.0747. The maximum atomic E-state index is 14.1. The van der Waals surface area contributed by atoms with E-state index >= 15 is 0 Å². The van der Waals surface area contributed by atoms with Gasteiger partial charge in [0.15, 0.2) is 17.2 Å². The van der Waals surface area contributed by atoms with Crippen molar-refractivity contribution >= 4 is 36.3 Å². The largest absolute Gasteiger partial charge is 0.469 e. The molecule has 178 valence electrons. The molecule has 4 N–H and O–H groups in total. The van der Waals surface area contributed by atoms with Crippen LogP contribution in [0.1, 0.15) is 6.92 Å². The Balaban J connectivity index is 1.76. The Hall–Kier alpha value is -3.15. The maximum Gasteiger partial charge on any atom is 0.469 e. The number of nitrogens with zero attached hydrogens (tertiary/aromatic N) is 3. The molecule has 0 bridgehead atoms. The molecule has 0 aliphatic heterocycles. The van der Waals surface area contributed by atoms with Gasteiger partial charge in [-0.05, 0) is 25.1 Å². The van der Waals surface area contributed by atoms with Crippen molar-refractivity contribution in [3.63, 3.8) is 0 Å². The molecule has 0 fully saturated rings. The molecule has 34 heavy (non-hydrogen) atoms. The highest BCUT2D eigenvalue weighted by Crippen LogP contribution is 2.38. The molecule has 0 amide bonds. The van der Waals surface area contributed by atoms with Gasteiger partial charge in [0.2, 0.25) is 0 Å². The second-order valence-corrected chi connectivity index (χ2v) is 8.69. The van der Waals surface area contributed by atoms with Gasteiger partial charge in [-0.3, -0.25) is 9.62 Å². The van der Waals surface area contributed by atoms with Crippen LogP contribution in [0.3, 0.4) is 0 Å². The number of fused-ring (bicyclic) bond motifs is 1. The number of ether oxygens (including phenoxy) is 1. The van der Waals surface area contributed by atoms with E-state index in [2.05, 4.69) is 30.0 Å². The summed E-state index contributed by atoms with van der Waals surface area (Å²) in [6.07, 6.45) is -0.916. The summed E-state index contributed by atoms with van der Waals surface area (Å²) in [6.45, 7) is 1.37. The van der Waals surface area contributed by atoms with E-state index in [1.54, 1.807) is 24.3 Å². The number of nitrogens with one attached hydrogen (secondary N) is 2. The third-order valence-corrected chi connectivity index (χ3v) is 5.46. The average molecular weight is 512 g/mol. The summed E-state index contributed by atoms with van der Waals surface area (Å²) < 4.78 is 48.5. The van der Waals surface area contributed by atoms with Crippen molar-refractivity contribution in [1.82, 2.24) is 20.2 Å². The molecule has 4 rings (SSSR count). The number of benzene rings is 2. The van der Waals surface area contributed by atoms with Crippen LogP contribution >= 0.6 is 19.4 Å². The average Bonchev–Trinajstić information content (AvgIpc) is 3.17. The molecule has 0 saturated carbocycles. The van der Waals surface area contributed by atoms with Crippen LogP contribution in [-0.2, 0) is 9.09 Å². The fourth-order valence-electron chi connectivity index (χ4n) is 3.10. The lowest BCUT2D eigenvalue weighted by Crippen LogP contribution is -2.19. The van der Waals surface area contributed by atoms with Gasteiger partial charge >= 0.3 is 13.8 Å². The molecule has 0 radical (unpaired) electrons. The Morgan fingerprint density at radius 3 is 2.68 bits per heavy atom. The lowest BCUT2D eigenvalue weighted by atomic mass is 10.1. The number of hydrogen-bond donors (Lipinski definition) is 4. The molecule has 2 heterocycles. The second kappa shape index (κ2) is 9.61. The highest BCUT2D eigenvalue weighted by Gasteiger charge is 2.22. The molecule has 1 unspecified atom stereocenters. The number of phosphoric ester groups is 1. The Bertz CT molecular complexity index is 1400. The smallest absolute Gasteiger partial charge is 0.421 e. The maximum absolute atomic E-state index is 14.1. The normalized spacial score (nSPS) is 12.6. The lowest BCUT2D eigenvalue weighted by Gasteiger charge is -2.16. The van der Waals surface area contributed by atoms with E-state index in [4.69, 9.17) is 26.1 Å². The van der Waals surface area contributed by atoms with Crippen molar-refractivity contribution in [2.45, 2.75) is 13.0 Å². The minimum Gasteiger partial charge on any atom is -0.421 e. The Kier molecular flexibility index (Phi) is 6.78. The van der Waals surface area contributed by atoms with Crippen LogP contribution in [0.15, 0.2) is 42.5 Å². The quantitative estimate of drug-likeness (QED) is 0.248. The first kappa shape index (κ1) is 24.0. The lowest BCUT2D eigenvalue weighted by molar-refractivity contribution is 0.152. The van der Waals surface area contributed by atoms with Crippen LogP contribution in [0.25, 0.3) is 22.3 Å². The summed E-state index contributed by atoms with van der Waals surface area (Å²) in [4.78, 5) is 26.5. The van der Waals surface area contributed by atoms with Gasteiger partial charge in [0.1, 0.15) is 17.3 Å². The van der Waals surface area contributed by atoms with E-state index in [0.29, 0.717) is 27.7 Å². The number of rotatable bonds is 8. The van der Waals surface area contributed by atoms with Crippen molar-refractivity contribution in [2.24, 2.45) is 0 Å². The number of phosphoric acid groups is 1. The van der Waals surface area contributed by atoms with Crippen LogP contribution in [0.2, 0.25) is 5.02 Å². The molecule has 0 aliphatic carbocycles. The molecule has 0 spiro atoms. The van der Waals surface area contributed by atoms with Crippen LogP contribution in [-0.4, -0.2) is 42.6 Å². The molecule has 0 saturated heterocycles. The van der Waals surface area contributed by atoms with E-state index in [1.165, 1.54) is 6.92 Å². The first-order valence-corrected chi connectivity index (χ1v) is 11.6. The highest BCUT2D eigenvalue weighted by atomic mass is 35.5. The van der Waals surface area contributed by atoms with Crippen molar-refractivity contribution in [3.8, 4) is 23.0 Å². The van der Waals surface area contributed by atoms with Gasteiger partial charge < -0.3 is 19.8 Å². The van der Waals surface area contributed by atoms with Crippen molar-refractivity contribution < 1.29 is 32.4 Å². The predicted octanol–water partition coefficient (Wildman–Crippen LogP) is 4.65. The third-order valence-electron chi connectivity index (χ3n) is 4.50. The van der Waals surface area contributed by atoms with Crippen LogP contribution in [0, 0.1) is 11.6 Å². The molecule has 2 aromatic heterocycles. The third kappa shape index (κ3) is 5.49. The van der Waals surface area contributed by atoms with E-state index in [9.17, 15) is 13.3 Å². The molecule has 4 aromatic rings. The number of hydrogen-bond acceptors (Lipinski definition) is 7. The summed E-state index contributed by atoms with van der Waals surface area (Å²) in [5, 5.41) is 10.7. The summed E-state index contributed by atoms with van der Waals surface area (Å²) >= 11 is 6.32. The van der Waals surface area contributed by atoms with Gasteiger partial charge in [-0.1, -0.05) is 29.8 Å². The molecule has 2 aromatic carbocycles. The van der Waals surface area contributed by atoms with E-state index in [1.807, 2.05) is 0 Å². The minimum atomic E-state index is -4.71. The summed E-state index contributed by atoms with van der Waals surface area (Å²) in [6, 6.07) is 9.39. The SMILES string of the molecule is CC(CNc1nc(Oc2ccc(F)cc2F)nc2[nH]nc(-c3ccccc3Cl)c12)OP(=O)(O)O. The molecule has 0 aliphatic rings. The zero-order valence-electron chi connectivity index (χ0n) is 17.4. The van der Waals surface area contributed by atoms with Crippen molar-refractivity contribution in [1.29, 1.82) is 0 Å². The van der Waals surface area contributed by atoms with Crippen LogP contribution in [0.4, 0.5) is 14.6 Å². The van der Waals surface area contributed by atoms with Crippen LogP contribution < -0.4 is 10.1 Å². The predicted molar refractivity (Wildman–Crippen MR) is 120 cm³/mol. The summed E-state index contributed by atoms with van der Waals surface area (Å²) in [5.74, 6) is -1.90. The first-order valence-electron chi connectivity index (χ1n) is 9.72. The Labute approximate surface area is 196 Å². The molecular weight excluding hydrogens is 495 g/mol. The van der Waals surface area contributed by atoms with Crippen molar-refractivity contribution in [2.75, 3.05) is 11.9 Å². The van der Waals surface area contributed by atoms with Gasteiger partial charge in [-0.2, -0.15) is 15.1 Å². The number of aromatic amines is 1. The monoisotopic (exact) mass is 511 g/mol. The van der Waals surface area contributed by atoms with Crippen LogP contribution in [0.5, 0.6) is 11.8 Å². The number of H-pyrrole nitrogens is 1. The van der Waals surface area contributed by atoms with E-state index < -0.39 is 25.6 Å². The number of aromatic nitrogens is 4. The highest BCUT2D eigenvalue weighted by molar-refractivity contribution is 7.46. The Morgan fingerprint density at radius 2 is 1.97 bits per heavy atom. The second-order valence-electron chi connectivity index (χ2n) is 7.09. The summed E-state index contributed by atoms with van der Waals surface area (Å²) in [5.41, 5.74) is 1.17. The zero-order valence-corrected chi connectivity index (χ0v) is 19.0. The van der Waals surface area contributed by atoms with E-state index in [-0.39, 0.29) is 29.8 Å². The fourth-order valence-corrected chi connectivity index (χ4v) is 3.87. The van der Waals surface area contributed by atoms with Gasteiger partial charge in [0, 0.05) is 18.2 Å². The van der Waals surface area contributed by atoms with Gasteiger partial charge in [-0.15, -0.1) is 0 Å². The molecule has 10 nitrogen and oxygen atoms in total. The standard InChI is InChI=1S/C20H17ClF2N5O5P/c1-10(33-34(29,30)31)9-24-18-16-17(12-4-2-3-5-13(12)21)27-28-19(16)26-20(25-18)32-15-7-6-11(22)8-14(15)23/h2-8,10H,9H2,1H3,(H2,29,30,31)(H2,24,25,26,27,28). The van der Waals surface area contributed by atoms with Gasteiger partial charge in [0.25, 0.3) is 0 Å². The molecule has 1 atom stereocenters. The first-order chi connectivity index (χ1) is 16.1. The topological polar surface area (TPSA) is 142 Å². The summed E-state index contributed by atoms with van der Waals surface area (Å²) in [7, 11) is -4.71. The van der Waals surface area contributed by atoms with Crippen molar-refractivity contribution in [3.05, 3.63) is 59.1 Å². The zero-order chi connectivity index (χ0) is 24.5. The van der Waals surface area contributed by atoms with E-state index in [0.717, 1.165) is 12.1 Å². The Morgan fingerprint density at radius 1 is 1.21 bits per heavy atom.